The Balaban J connectivity index is 0.671. The Hall–Kier alpha value is -6.80. The van der Waals surface area contributed by atoms with Crippen molar-refractivity contribution in [1.82, 2.24) is 45.5 Å². The third-order valence-corrected chi connectivity index (χ3v) is 17.8. The number of hydrogen-bond donors (Lipinski definition) is 4. The fourth-order valence-corrected chi connectivity index (χ4v) is 13.5. The van der Waals surface area contributed by atoms with Crippen LogP contribution in [0, 0.1) is 24.1 Å². The predicted molar refractivity (Wildman–Crippen MR) is 294 cm³/mol. The number of amides is 2. The number of aryl methyl sites for hydroxylation is 2. The van der Waals surface area contributed by atoms with E-state index in [-0.39, 0.29) is 59.1 Å². The van der Waals surface area contributed by atoms with Crippen molar-refractivity contribution in [2.45, 2.75) is 103 Å². The van der Waals surface area contributed by atoms with Gasteiger partial charge in [0.1, 0.15) is 41.3 Å². The third-order valence-electron chi connectivity index (χ3n) is 16.8. The summed E-state index contributed by atoms with van der Waals surface area (Å²) in [5.41, 5.74) is 6.75. The van der Waals surface area contributed by atoms with Gasteiger partial charge in [0.15, 0.2) is 17.4 Å². The number of piperidine rings is 1. The maximum atomic E-state index is 17.1. The van der Waals surface area contributed by atoms with E-state index in [0.717, 1.165) is 109 Å². The molecule has 2 amide bonds. The number of thiazole rings is 1. The summed E-state index contributed by atoms with van der Waals surface area (Å²) in [5, 5.41) is 34.9. The maximum Gasteiger partial charge on any atom is 0.319 e. The summed E-state index contributed by atoms with van der Waals surface area (Å²) in [7, 11) is 0. The van der Waals surface area contributed by atoms with Gasteiger partial charge in [-0.2, -0.15) is 9.97 Å². The van der Waals surface area contributed by atoms with Crippen LogP contribution >= 0.6 is 11.3 Å². The van der Waals surface area contributed by atoms with Crippen LogP contribution in [0.25, 0.3) is 43.4 Å². The molecule has 4 N–H and O–H groups in total. The van der Waals surface area contributed by atoms with Crippen LogP contribution in [0.3, 0.4) is 0 Å². The van der Waals surface area contributed by atoms with Crippen molar-refractivity contribution in [3.8, 4) is 33.5 Å². The average Bonchev–Trinajstić information content (AvgIpc) is 4.29. The largest absolute Gasteiger partial charge is 0.508 e. The summed E-state index contributed by atoms with van der Waals surface area (Å²) in [4.78, 5) is 56.2. The van der Waals surface area contributed by atoms with Gasteiger partial charge in [-0.15, -0.1) is 11.3 Å². The Morgan fingerprint density at radius 1 is 1.00 bits per heavy atom. The highest BCUT2D eigenvalue weighted by Crippen LogP contribution is 2.44. The number of carbonyl (C=O) groups is 2. The number of fused-ring (bicyclic) bond motifs is 4. The first-order chi connectivity index (χ1) is 37.3. The second kappa shape index (κ2) is 20.9. The lowest BCUT2D eigenvalue weighted by atomic mass is 9.72. The number of benzene rings is 3. The molecule has 1 spiro atoms. The molecular formula is C58H66FN11O6S. The molecule has 4 aromatic heterocycles. The van der Waals surface area contributed by atoms with Gasteiger partial charge < -0.3 is 44.8 Å². The van der Waals surface area contributed by atoms with Gasteiger partial charge in [-0.25, -0.2) is 9.37 Å². The van der Waals surface area contributed by atoms with Gasteiger partial charge >= 0.3 is 6.01 Å². The minimum atomic E-state index is -0.817. The molecule has 402 valence electrons. The molecule has 12 rings (SSSR count). The molecule has 5 aliphatic heterocycles. The normalized spacial score (nSPS) is 21.6. The zero-order chi connectivity index (χ0) is 53.1. The first-order valence-electron chi connectivity index (χ1n) is 27.2. The summed E-state index contributed by atoms with van der Waals surface area (Å²) in [5.74, 6) is -0.184. The standard InChI is InChI=1S/C58H66FN11O6S/c1-5-36-7-6-8-38-21-41(71)22-43(49(36)38)51-50(59)52-44(26-60-51)54(68-27-39-13-14-40(28-68)63-39)65-57(64-52)75-20-19-67-17-15-58(16-18-67)30-69(31-58)47-24-46(76-66-47)48(33(2)3)56(74)70-29-42(72)23-45(70)55(73)61-25-35-9-11-37(12-10-35)53-34(4)62-32-77-53/h6-12,21-22,24,26,32-33,39-40,42,45,48,63,71-72H,5,13-20,23,25,27-31H2,1-4H3,(H,61,73)/t39?,40?,42-,45+,48+/m1/s1. The Morgan fingerprint density at radius 3 is 2.51 bits per heavy atom. The Labute approximate surface area is 450 Å². The molecule has 2 bridgehead atoms. The van der Waals surface area contributed by atoms with E-state index in [0.29, 0.717) is 60.1 Å². The van der Waals surface area contributed by atoms with Crippen LogP contribution in [-0.4, -0.2) is 140 Å². The van der Waals surface area contributed by atoms with Gasteiger partial charge in [-0.05, 0) is 97.6 Å². The topological polar surface area (TPSA) is 198 Å². The summed E-state index contributed by atoms with van der Waals surface area (Å²) in [6.07, 6.45) is 5.89. The molecule has 5 atom stereocenters. The molecule has 19 heteroatoms. The molecule has 0 radical (unpaired) electrons. The fourth-order valence-electron chi connectivity index (χ4n) is 12.7. The number of aliphatic hydroxyl groups excluding tert-OH is 1. The number of piperazine rings is 1. The van der Waals surface area contributed by atoms with Crippen LogP contribution in [-0.2, 0) is 22.6 Å². The third kappa shape index (κ3) is 9.95. The van der Waals surface area contributed by atoms with Crippen LogP contribution in [0.2, 0.25) is 0 Å². The quantitative estimate of drug-likeness (QED) is 0.0782. The van der Waals surface area contributed by atoms with Crippen LogP contribution < -0.4 is 25.2 Å². The van der Waals surface area contributed by atoms with Gasteiger partial charge in [0, 0.05) is 87.6 Å². The Bertz CT molecular complexity index is 3320. The molecule has 5 aliphatic rings. The highest BCUT2D eigenvalue weighted by Gasteiger charge is 2.47. The number of β-amino-alcohol motifs (C(OH)–C–C–N with tert-alkyl or cyclic N) is 1. The van der Waals surface area contributed by atoms with Gasteiger partial charge in [-0.1, -0.05) is 68.4 Å². The SMILES string of the molecule is CCc1cccc2cc(O)cc(-c3ncc4c(N5CC6CCC(C5)N6)nc(OCCN5CCC6(CC5)CN(c5cc([C@@H](C(=O)N7C[C@H](O)C[C@H]7C(=O)NCc7ccc(-c8scnc8C)cc7)C(C)C)on5)C6)nc4c3F)c12. The summed E-state index contributed by atoms with van der Waals surface area (Å²) in [6, 6.07) is 19.0. The molecule has 7 aromatic rings. The molecule has 17 nitrogen and oxygen atoms in total. The average molecular weight is 1060 g/mol. The number of nitrogens with one attached hydrogen (secondary N) is 2. The molecule has 0 aliphatic carbocycles. The minimum Gasteiger partial charge on any atom is -0.508 e. The van der Waals surface area contributed by atoms with E-state index in [4.69, 9.17) is 24.2 Å². The van der Waals surface area contributed by atoms with Crippen LogP contribution in [0.4, 0.5) is 16.0 Å². The number of aromatic nitrogens is 5. The van der Waals surface area contributed by atoms with Crippen LogP contribution in [0.15, 0.2) is 76.9 Å². The van der Waals surface area contributed by atoms with E-state index in [2.05, 4.69) is 42.4 Å². The molecule has 2 unspecified atom stereocenters. The first kappa shape index (κ1) is 51.0. The summed E-state index contributed by atoms with van der Waals surface area (Å²) >= 11 is 1.59. The minimum absolute atomic E-state index is 0.0371. The first-order valence-corrected chi connectivity index (χ1v) is 28.1. The smallest absolute Gasteiger partial charge is 0.319 e. The number of ether oxygens (including phenoxy) is 1. The maximum absolute atomic E-state index is 17.1. The van der Waals surface area contributed by atoms with E-state index in [1.165, 1.54) is 4.90 Å². The number of likely N-dealkylation sites (tertiary alicyclic amines) is 2. The number of pyridine rings is 1. The number of hydrogen-bond acceptors (Lipinski definition) is 16. The molecular weight excluding hydrogens is 998 g/mol. The van der Waals surface area contributed by atoms with E-state index in [9.17, 15) is 19.8 Å². The lowest BCUT2D eigenvalue weighted by molar-refractivity contribution is -0.141. The number of aromatic hydroxyl groups is 1. The molecule has 0 saturated carbocycles. The van der Waals surface area contributed by atoms with Crippen LogP contribution in [0.1, 0.15) is 81.4 Å². The van der Waals surface area contributed by atoms with E-state index < -0.39 is 23.9 Å². The number of phenols is 1. The van der Waals surface area contributed by atoms with Gasteiger partial charge in [0.2, 0.25) is 11.8 Å². The second-order valence-corrected chi connectivity index (χ2v) is 23.2. The van der Waals surface area contributed by atoms with Crippen molar-refractivity contribution in [3.05, 3.63) is 101 Å². The molecule has 5 fully saturated rings. The van der Waals surface area contributed by atoms with Crippen molar-refractivity contribution >= 4 is 56.5 Å². The Morgan fingerprint density at radius 2 is 1.78 bits per heavy atom. The number of carbonyl (C=O) groups excluding carboxylic acids is 2. The molecule has 9 heterocycles. The van der Waals surface area contributed by atoms with Gasteiger partial charge in [0.05, 0.1) is 27.6 Å². The Kier molecular flexibility index (Phi) is 13.8. The monoisotopic (exact) mass is 1060 g/mol. The number of anilines is 2. The number of phenolic OH excluding ortho intramolecular Hbond substituents is 1. The number of nitrogens with zero attached hydrogens (tertiary/aromatic N) is 9. The van der Waals surface area contributed by atoms with E-state index >= 15 is 4.39 Å². The summed E-state index contributed by atoms with van der Waals surface area (Å²) < 4.78 is 29.4. The lowest BCUT2D eigenvalue weighted by Gasteiger charge is -2.54. The highest BCUT2D eigenvalue weighted by atomic mass is 32.1. The predicted octanol–water partition coefficient (Wildman–Crippen LogP) is 7.61. The molecule has 77 heavy (non-hydrogen) atoms. The number of rotatable bonds is 15. The van der Waals surface area contributed by atoms with Crippen LogP contribution in [0.5, 0.6) is 11.8 Å². The van der Waals surface area contributed by atoms with Crippen molar-refractivity contribution < 1.29 is 33.5 Å². The van der Waals surface area contributed by atoms with Crippen molar-refractivity contribution in [2.24, 2.45) is 11.3 Å². The summed E-state index contributed by atoms with van der Waals surface area (Å²) in [6.45, 7) is 14.2. The highest BCUT2D eigenvalue weighted by molar-refractivity contribution is 7.13. The molecule has 3 aromatic carbocycles. The van der Waals surface area contributed by atoms with Gasteiger partial charge in [-0.3, -0.25) is 19.5 Å². The van der Waals surface area contributed by atoms with Crippen molar-refractivity contribution in [3.63, 3.8) is 0 Å². The van der Waals surface area contributed by atoms with Crippen molar-refractivity contribution in [1.29, 1.82) is 0 Å². The fraction of sp³-hybridized carbons (Fsp3) is 0.466. The van der Waals surface area contributed by atoms with E-state index in [1.807, 2.05) is 74.8 Å². The van der Waals surface area contributed by atoms with Gasteiger partial charge in [0.25, 0.3) is 0 Å². The van der Waals surface area contributed by atoms with E-state index in [1.54, 1.807) is 29.7 Å². The molecule has 5 saturated heterocycles. The zero-order valence-electron chi connectivity index (χ0n) is 44.0. The second-order valence-electron chi connectivity index (χ2n) is 22.4. The zero-order valence-corrected chi connectivity index (χ0v) is 44.9. The lowest BCUT2D eigenvalue weighted by Crippen LogP contribution is -2.60. The number of halogens is 1. The number of aliphatic hydroxyl groups is 1. The van der Waals surface area contributed by atoms with Crippen molar-refractivity contribution in [2.75, 3.05) is 68.8 Å².